The standard InChI is InChI=1S/C10H13ClN2O/c11-10-7(6-12)3-4-8(13-10)9-2-1-5-14-9/h3-4,9H,1-2,5-6,12H2. The Morgan fingerprint density at radius 3 is 3.00 bits per heavy atom. The lowest BCUT2D eigenvalue weighted by molar-refractivity contribution is 0.108. The van der Waals surface area contributed by atoms with E-state index in [2.05, 4.69) is 4.98 Å². The number of ether oxygens (including phenoxy) is 1. The number of halogens is 1. The number of nitrogens with zero attached hydrogens (tertiary/aromatic N) is 1. The fraction of sp³-hybridized carbons (Fsp3) is 0.500. The lowest BCUT2D eigenvalue weighted by Crippen LogP contribution is -2.03. The number of hydrogen-bond acceptors (Lipinski definition) is 3. The van der Waals surface area contributed by atoms with E-state index in [0.717, 1.165) is 30.7 Å². The molecule has 1 aromatic heterocycles. The maximum absolute atomic E-state index is 5.96. The van der Waals surface area contributed by atoms with Crippen LogP contribution < -0.4 is 5.73 Å². The molecular formula is C10H13ClN2O. The minimum absolute atomic E-state index is 0.124. The van der Waals surface area contributed by atoms with Crippen molar-refractivity contribution in [2.45, 2.75) is 25.5 Å². The minimum atomic E-state index is 0.124. The SMILES string of the molecule is NCc1ccc(C2CCCO2)nc1Cl. The van der Waals surface area contributed by atoms with Crippen LogP contribution in [0.3, 0.4) is 0 Å². The number of nitrogens with two attached hydrogens (primary N) is 1. The first-order chi connectivity index (χ1) is 6.81. The second kappa shape index (κ2) is 4.26. The fourth-order valence-electron chi connectivity index (χ4n) is 1.62. The zero-order valence-electron chi connectivity index (χ0n) is 7.87. The van der Waals surface area contributed by atoms with Gasteiger partial charge in [0.2, 0.25) is 0 Å². The number of pyridine rings is 1. The lowest BCUT2D eigenvalue weighted by atomic mass is 10.1. The van der Waals surface area contributed by atoms with E-state index in [1.807, 2.05) is 12.1 Å². The van der Waals surface area contributed by atoms with Crippen LogP contribution in [0.25, 0.3) is 0 Å². The van der Waals surface area contributed by atoms with Crippen LogP contribution in [-0.4, -0.2) is 11.6 Å². The molecular weight excluding hydrogens is 200 g/mol. The summed E-state index contributed by atoms with van der Waals surface area (Å²) in [5.74, 6) is 0. The average Bonchev–Trinajstić information content (AvgIpc) is 2.70. The molecule has 1 aliphatic heterocycles. The van der Waals surface area contributed by atoms with Gasteiger partial charge >= 0.3 is 0 Å². The van der Waals surface area contributed by atoms with Crippen molar-refractivity contribution in [3.63, 3.8) is 0 Å². The second-order valence-electron chi connectivity index (χ2n) is 3.39. The summed E-state index contributed by atoms with van der Waals surface area (Å²) < 4.78 is 5.52. The third-order valence-corrected chi connectivity index (χ3v) is 2.75. The summed E-state index contributed by atoms with van der Waals surface area (Å²) in [5, 5.41) is 0.500. The smallest absolute Gasteiger partial charge is 0.133 e. The van der Waals surface area contributed by atoms with Crippen LogP contribution in [0.5, 0.6) is 0 Å². The van der Waals surface area contributed by atoms with Crippen LogP contribution in [0, 0.1) is 0 Å². The first-order valence-corrected chi connectivity index (χ1v) is 5.16. The van der Waals surface area contributed by atoms with Crippen molar-refractivity contribution in [3.8, 4) is 0 Å². The Labute approximate surface area is 88.2 Å². The van der Waals surface area contributed by atoms with E-state index in [0.29, 0.717) is 11.7 Å². The molecule has 2 heterocycles. The molecule has 2 N–H and O–H groups in total. The Balaban J connectivity index is 2.23. The quantitative estimate of drug-likeness (QED) is 0.764. The number of aromatic nitrogens is 1. The predicted octanol–water partition coefficient (Wildman–Crippen LogP) is 2.05. The van der Waals surface area contributed by atoms with E-state index in [-0.39, 0.29) is 6.10 Å². The molecule has 0 amide bonds. The van der Waals surface area contributed by atoms with Gasteiger partial charge < -0.3 is 10.5 Å². The van der Waals surface area contributed by atoms with Crippen molar-refractivity contribution < 1.29 is 4.74 Å². The lowest BCUT2D eigenvalue weighted by Gasteiger charge is -2.10. The zero-order valence-corrected chi connectivity index (χ0v) is 8.63. The summed E-state index contributed by atoms with van der Waals surface area (Å²) in [5.41, 5.74) is 7.30. The van der Waals surface area contributed by atoms with Crippen molar-refractivity contribution in [2.24, 2.45) is 5.73 Å². The van der Waals surface area contributed by atoms with Crippen molar-refractivity contribution in [1.29, 1.82) is 0 Å². The summed E-state index contributed by atoms with van der Waals surface area (Å²) in [6.45, 7) is 1.25. The molecule has 1 atom stereocenters. The summed E-state index contributed by atoms with van der Waals surface area (Å²) in [6, 6.07) is 3.87. The van der Waals surface area contributed by atoms with E-state index in [1.165, 1.54) is 0 Å². The van der Waals surface area contributed by atoms with E-state index in [1.54, 1.807) is 0 Å². The second-order valence-corrected chi connectivity index (χ2v) is 3.75. The van der Waals surface area contributed by atoms with Crippen molar-refractivity contribution in [2.75, 3.05) is 6.61 Å². The van der Waals surface area contributed by atoms with E-state index in [4.69, 9.17) is 22.1 Å². The molecule has 3 nitrogen and oxygen atoms in total. The molecule has 0 spiro atoms. The summed E-state index contributed by atoms with van der Waals surface area (Å²) in [4.78, 5) is 4.29. The van der Waals surface area contributed by atoms with E-state index < -0.39 is 0 Å². The van der Waals surface area contributed by atoms with E-state index >= 15 is 0 Å². The first kappa shape index (κ1) is 9.90. The Morgan fingerprint density at radius 2 is 2.43 bits per heavy atom. The maximum Gasteiger partial charge on any atom is 0.133 e. The third-order valence-electron chi connectivity index (χ3n) is 2.43. The molecule has 4 heteroatoms. The van der Waals surface area contributed by atoms with Gasteiger partial charge in [-0.1, -0.05) is 17.7 Å². The van der Waals surface area contributed by atoms with Gasteiger partial charge in [0.05, 0.1) is 11.8 Å². The maximum atomic E-state index is 5.96. The number of rotatable bonds is 2. The molecule has 1 fully saturated rings. The summed E-state index contributed by atoms with van der Waals surface area (Å²) in [6.07, 6.45) is 2.26. The Bertz CT molecular complexity index is 324. The summed E-state index contributed by atoms with van der Waals surface area (Å²) in [7, 11) is 0. The molecule has 0 radical (unpaired) electrons. The third kappa shape index (κ3) is 1.90. The van der Waals surface area contributed by atoms with Gasteiger partial charge in [0, 0.05) is 18.7 Å². The topological polar surface area (TPSA) is 48.1 Å². The predicted molar refractivity (Wildman–Crippen MR) is 55.1 cm³/mol. The Hall–Kier alpha value is -0.640. The molecule has 0 aromatic carbocycles. The van der Waals surface area contributed by atoms with Gasteiger partial charge in [0.15, 0.2) is 0 Å². The van der Waals surface area contributed by atoms with Gasteiger partial charge in [0.1, 0.15) is 5.15 Å². The van der Waals surface area contributed by atoms with Crippen molar-refractivity contribution in [3.05, 3.63) is 28.5 Å². The molecule has 1 aromatic rings. The minimum Gasteiger partial charge on any atom is -0.372 e. The fourth-order valence-corrected chi connectivity index (χ4v) is 1.86. The van der Waals surface area contributed by atoms with Crippen molar-refractivity contribution in [1.82, 2.24) is 4.98 Å². The molecule has 2 rings (SSSR count). The van der Waals surface area contributed by atoms with Crippen LogP contribution in [0.15, 0.2) is 12.1 Å². The highest BCUT2D eigenvalue weighted by atomic mass is 35.5. The monoisotopic (exact) mass is 212 g/mol. The highest BCUT2D eigenvalue weighted by Gasteiger charge is 2.19. The molecule has 76 valence electrons. The Morgan fingerprint density at radius 1 is 1.57 bits per heavy atom. The molecule has 14 heavy (non-hydrogen) atoms. The van der Waals surface area contributed by atoms with Gasteiger partial charge in [-0.2, -0.15) is 0 Å². The average molecular weight is 213 g/mol. The van der Waals surface area contributed by atoms with Gasteiger partial charge in [-0.15, -0.1) is 0 Å². The highest BCUT2D eigenvalue weighted by Crippen LogP contribution is 2.28. The largest absolute Gasteiger partial charge is 0.372 e. The number of hydrogen-bond donors (Lipinski definition) is 1. The van der Waals surface area contributed by atoms with E-state index in [9.17, 15) is 0 Å². The van der Waals surface area contributed by atoms with Crippen LogP contribution in [-0.2, 0) is 11.3 Å². The molecule has 0 aliphatic carbocycles. The first-order valence-electron chi connectivity index (χ1n) is 4.78. The zero-order chi connectivity index (χ0) is 9.97. The van der Waals surface area contributed by atoms with Crippen molar-refractivity contribution >= 4 is 11.6 Å². The van der Waals surface area contributed by atoms with Gasteiger partial charge in [-0.05, 0) is 18.9 Å². The van der Waals surface area contributed by atoms with Gasteiger partial charge in [0.25, 0.3) is 0 Å². The van der Waals surface area contributed by atoms with Crippen LogP contribution in [0.2, 0.25) is 5.15 Å². The van der Waals surface area contributed by atoms with Crippen LogP contribution >= 0.6 is 11.6 Å². The Kier molecular flexibility index (Phi) is 3.01. The molecule has 0 bridgehead atoms. The van der Waals surface area contributed by atoms with Gasteiger partial charge in [-0.3, -0.25) is 0 Å². The highest BCUT2D eigenvalue weighted by molar-refractivity contribution is 6.30. The summed E-state index contributed by atoms with van der Waals surface area (Å²) >= 11 is 5.96. The van der Waals surface area contributed by atoms with Crippen LogP contribution in [0.1, 0.15) is 30.2 Å². The molecule has 1 aliphatic rings. The van der Waals surface area contributed by atoms with Crippen LogP contribution in [0.4, 0.5) is 0 Å². The molecule has 1 unspecified atom stereocenters. The normalized spacial score (nSPS) is 21.4. The molecule has 1 saturated heterocycles. The van der Waals surface area contributed by atoms with Gasteiger partial charge in [-0.25, -0.2) is 4.98 Å². The molecule has 0 saturated carbocycles.